The molecule has 0 atom stereocenters. The molecule has 1 N–H and O–H groups in total. The average Bonchev–Trinajstić information content (AvgIpc) is 3.16. The standard InChI is InChI=1S/C22H25N5O2/c28-21(24-18-6-2-1-3-7-18)16-25-12-14-26(15-13-25)22(29)10-11-27-17-23-19-8-4-5-9-20(19)27/h1-9,17H,10-16H2,(H,24,28). The molecule has 7 nitrogen and oxygen atoms in total. The van der Waals surface area contributed by atoms with Crippen LogP contribution in [-0.4, -0.2) is 63.9 Å². The van der Waals surface area contributed by atoms with Crippen LogP contribution in [0.15, 0.2) is 60.9 Å². The van der Waals surface area contributed by atoms with Gasteiger partial charge in [0.05, 0.1) is 23.9 Å². The molecular weight excluding hydrogens is 366 g/mol. The van der Waals surface area contributed by atoms with Gasteiger partial charge in [-0.05, 0) is 24.3 Å². The number of carbonyl (C=O) groups is 2. The van der Waals surface area contributed by atoms with E-state index in [1.165, 1.54) is 0 Å². The van der Waals surface area contributed by atoms with E-state index in [9.17, 15) is 9.59 Å². The lowest BCUT2D eigenvalue weighted by Crippen LogP contribution is -2.50. The van der Waals surface area contributed by atoms with E-state index in [2.05, 4.69) is 15.2 Å². The molecule has 0 saturated carbocycles. The first kappa shape index (κ1) is 19.1. The lowest BCUT2D eigenvalue weighted by Gasteiger charge is -2.34. The summed E-state index contributed by atoms with van der Waals surface area (Å²) in [6.45, 7) is 3.70. The summed E-state index contributed by atoms with van der Waals surface area (Å²) < 4.78 is 2.03. The van der Waals surface area contributed by atoms with Crippen molar-refractivity contribution in [1.29, 1.82) is 0 Å². The van der Waals surface area contributed by atoms with E-state index in [0.717, 1.165) is 16.7 Å². The number of rotatable bonds is 6. The van der Waals surface area contributed by atoms with Crippen LogP contribution in [0.5, 0.6) is 0 Å². The van der Waals surface area contributed by atoms with Gasteiger partial charge in [-0.3, -0.25) is 14.5 Å². The van der Waals surface area contributed by atoms with Gasteiger partial charge in [0.15, 0.2) is 0 Å². The van der Waals surface area contributed by atoms with Crippen molar-refractivity contribution < 1.29 is 9.59 Å². The molecule has 2 heterocycles. The maximum absolute atomic E-state index is 12.6. The first-order valence-corrected chi connectivity index (χ1v) is 9.94. The zero-order chi connectivity index (χ0) is 20.1. The summed E-state index contributed by atoms with van der Waals surface area (Å²) in [6, 6.07) is 17.4. The van der Waals surface area contributed by atoms with Crippen LogP contribution in [0.3, 0.4) is 0 Å². The second-order valence-corrected chi connectivity index (χ2v) is 7.25. The fourth-order valence-corrected chi connectivity index (χ4v) is 3.64. The lowest BCUT2D eigenvalue weighted by atomic mass is 10.2. The monoisotopic (exact) mass is 391 g/mol. The number of fused-ring (bicyclic) bond motifs is 1. The summed E-state index contributed by atoms with van der Waals surface area (Å²) in [4.78, 5) is 33.1. The Hall–Kier alpha value is -3.19. The molecule has 0 spiro atoms. The Balaban J connectivity index is 1.22. The van der Waals surface area contributed by atoms with Crippen molar-refractivity contribution in [3.63, 3.8) is 0 Å². The number of hydrogen-bond donors (Lipinski definition) is 1. The predicted molar refractivity (Wildman–Crippen MR) is 112 cm³/mol. The molecule has 1 saturated heterocycles. The number of nitrogens with one attached hydrogen (secondary N) is 1. The Bertz CT molecular complexity index is 977. The molecule has 1 aromatic heterocycles. The quantitative estimate of drug-likeness (QED) is 0.699. The van der Waals surface area contributed by atoms with E-state index in [-0.39, 0.29) is 11.8 Å². The number of benzene rings is 2. The maximum atomic E-state index is 12.6. The van der Waals surface area contributed by atoms with E-state index < -0.39 is 0 Å². The Kier molecular flexibility index (Phi) is 5.86. The molecular formula is C22H25N5O2. The fourth-order valence-electron chi connectivity index (χ4n) is 3.64. The van der Waals surface area contributed by atoms with Gasteiger partial charge in [-0.1, -0.05) is 30.3 Å². The summed E-state index contributed by atoms with van der Waals surface area (Å²) in [7, 11) is 0. The van der Waals surface area contributed by atoms with Crippen molar-refractivity contribution in [3.05, 3.63) is 60.9 Å². The number of carbonyl (C=O) groups excluding carboxylic acids is 2. The zero-order valence-corrected chi connectivity index (χ0v) is 16.3. The number of amides is 2. The topological polar surface area (TPSA) is 70.5 Å². The van der Waals surface area contributed by atoms with Gasteiger partial charge in [-0.15, -0.1) is 0 Å². The van der Waals surface area contributed by atoms with Gasteiger partial charge in [-0.2, -0.15) is 0 Å². The highest BCUT2D eigenvalue weighted by Crippen LogP contribution is 2.13. The molecule has 150 valence electrons. The molecule has 0 aliphatic carbocycles. The van der Waals surface area contributed by atoms with Gasteiger partial charge in [0, 0.05) is 44.8 Å². The molecule has 1 aliphatic rings. The normalized spacial score (nSPS) is 14.8. The third-order valence-electron chi connectivity index (χ3n) is 5.24. The Morgan fingerprint density at radius 2 is 1.66 bits per heavy atom. The molecule has 1 fully saturated rings. The molecule has 2 amide bonds. The third kappa shape index (κ3) is 4.81. The summed E-state index contributed by atoms with van der Waals surface area (Å²) in [5.74, 6) is 0.124. The van der Waals surface area contributed by atoms with E-state index in [0.29, 0.717) is 45.7 Å². The highest BCUT2D eigenvalue weighted by molar-refractivity contribution is 5.92. The van der Waals surface area contributed by atoms with E-state index in [1.807, 2.05) is 64.1 Å². The minimum absolute atomic E-state index is 0.0250. The molecule has 7 heteroatoms. The highest BCUT2D eigenvalue weighted by Gasteiger charge is 2.22. The third-order valence-corrected chi connectivity index (χ3v) is 5.24. The van der Waals surface area contributed by atoms with Crippen LogP contribution >= 0.6 is 0 Å². The van der Waals surface area contributed by atoms with E-state index in [4.69, 9.17) is 0 Å². The predicted octanol–water partition coefficient (Wildman–Crippen LogP) is 2.21. The van der Waals surface area contributed by atoms with Crippen LogP contribution in [0.2, 0.25) is 0 Å². The minimum atomic E-state index is -0.0250. The van der Waals surface area contributed by atoms with Crippen LogP contribution < -0.4 is 5.32 Å². The number of aryl methyl sites for hydroxylation is 1. The number of piperazine rings is 1. The van der Waals surface area contributed by atoms with Crippen LogP contribution in [0.1, 0.15) is 6.42 Å². The van der Waals surface area contributed by atoms with Gasteiger partial charge < -0.3 is 14.8 Å². The lowest BCUT2D eigenvalue weighted by molar-refractivity contribution is -0.133. The zero-order valence-electron chi connectivity index (χ0n) is 16.3. The SMILES string of the molecule is O=C(CN1CCN(C(=O)CCn2cnc3ccccc32)CC1)Nc1ccccc1. The largest absolute Gasteiger partial charge is 0.340 e. The number of hydrogen-bond acceptors (Lipinski definition) is 4. The van der Waals surface area contributed by atoms with Crippen molar-refractivity contribution >= 4 is 28.5 Å². The van der Waals surface area contributed by atoms with Gasteiger partial charge >= 0.3 is 0 Å². The Labute approximate surface area is 169 Å². The average molecular weight is 391 g/mol. The molecule has 1 aliphatic heterocycles. The smallest absolute Gasteiger partial charge is 0.238 e. The molecule has 2 aromatic carbocycles. The maximum Gasteiger partial charge on any atom is 0.238 e. The van der Waals surface area contributed by atoms with Crippen LogP contribution in [-0.2, 0) is 16.1 Å². The van der Waals surface area contributed by atoms with Gasteiger partial charge in [0.2, 0.25) is 11.8 Å². The first-order chi connectivity index (χ1) is 14.2. The van der Waals surface area contributed by atoms with Crippen LogP contribution in [0.25, 0.3) is 11.0 Å². The minimum Gasteiger partial charge on any atom is -0.340 e. The number of aromatic nitrogens is 2. The number of anilines is 1. The summed E-state index contributed by atoms with van der Waals surface area (Å²) in [6.07, 6.45) is 2.25. The van der Waals surface area contributed by atoms with E-state index >= 15 is 0 Å². The number of imidazole rings is 1. The summed E-state index contributed by atoms with van der Waals surface area (Å²) >= 11 is 0. The van der Waals surface area contributed by atoms with Crippen LogP contribution in [0.4, 0.5) is 5.69 Å². The molecule has 3 aromatic rings. The number of nitrogens with zero attached hydrogens (tertiary/aromatic N) is 4. The van der Waals surface area contributed by atoms with Gasteiger partial charge in [-0.25, -0.2) is 4.98 Å². The van der Waals surface area contributed by atoms with Crippen LogP contribution in [0, 0.1) is 0 Å². The second-order valence-electron chi connectivity index (χ2n) is 7.25. The van der Waals surface area contributed by atoms with Crippen molar-refractivity contribution in [1.82, 2.24) is 19.4 Å². The van der Waals surface area contributed by atoms with Crippen molar-refractivity contribution in [3.8, 4) is 0 Å². The fraction of sp³-hybridized carbons (Fsp3) is 0.318. The molecule has 4 rings (SSSR count). The first-order valence-electron chi connectivity index (χ1n) is 9.94. The Morgan fingerprint density at radius 3 is 2.45 bits per heavy atom. The summed E-state index contributed by atoms with van der Waals surface area (Å²) in [5, 5.41) is 2.90. The molecule has 0 bridgehead atoms. The molecule has 0 radical (unpaired) electrons. The number of para-hydroxylation sites is 3. The second kappa shape index (κ2) is 8.87. The van der Waals surface area contributed by atoms with E-state index in [1.54, 1.807) is 6.33 Å². The van der Waals surface area contributed by atoms with Crippen molar-refractivity contribution in [2.75, 3.05) is 38.0 Å². The van der Waals surface area contributed by atoms with Gasteiger partial charge in [0.1, 0.15) is 0 Å². The summed E-state index contributed by atoms with van der Waals surface area (Å²) in [5.41, 5.74) is 2.80. The van der Waals surface area contributed by atoms with Gasteiger partial charge in [0.25, 0.3) is 0 Å². The van der Waals surface area contributed by atoms with Crippen molar-refractivity contribution in [2.24, 2.45) is 0 Å². The molecule has 0 unspecified atom stereocenters. The Morgan fingerprint density at radius 1 is 0.931 bits per heavy atom. The van der Waals surface area contributed by atoms with Crippen molar-refractivity contribution in [2.45, 2.75) is 13.0 Å². The highest BCUT2D eigenvalue weighted by atomic mass is 16.2. The molecule has 29 heavy (non-hydrogen) atoms.